The highest BCUT2D eigenvalue weighted by Gasteiger charge is 2.26. The fourth-order valence-corrected chi connectivity index (χ4v) is 3.11. The van der Waals surface area contributed by atoms with Crippen LogP contribution in [0.2, 0.25) is 0 Å². The topological polar surface area (TPSA) is 58.1 Å². The highest BCUT2D eigenvalue weighted by atomic mass is 79.9. The van der Waals surface area contributed by atoms with Crippen LogP contribution in [0, 0.1) is 12.8 Å². The molecule has 3 rings (SSSR count). The van der Waals surface area contributed by atoms with E-state index in [0.29, 0.717) is 0 Å². The first-order valence-electron chi connectivity index (χ1n) is 7.74. The zero-order valence-corrected chi connectivity index (χ0v) is 14.6. The molecule has 0 bridgehead atoms. The molecule has 1 aliphatic rings. The van der Waals surface area contributed by atoms with Crippen molar-refractivity contribution < 1.29 is 4.79 Å². The predicted octanol–water partition coefficient (Wildman–Crippen LogP) is 3.40. The van der Waals surface area contributed by atoms with Crippen LogP contribution in [-0.4, -0.2) is 29.2 Å². The Balaban J connectivity index is 1.57. The van der Waals surface area contributed by atoms with E-state index < -0.39 is 0 Å². The van der Waals surface area contributed by atoms with Crippen LogP contribution >= 0.6 is 15.9 Å². The van der Waals surface area contributed by atoms with Crippen molar-refractivity contribution in [3.63, 3.8) is 0 Å². The van der Waals surface area contributed by atoms with Gasteiger partial charge in [0.2, 0.25) is 5.91 Å². The largest absolute Gasteiger partial charge is 0.355 e. The number of aromatic nitrogens is 2. The molecule has 2 heterocycles. The van der Waals surface area contributed by atoms with Gasteiger partial charge in [0.1, 0.15) is 0 Å². The smallest absolute Gasteiger partial charge is 0.227 e. The van der Waals surface area contributed by atoms with E-state index in [9.17, 15) is 4.79 Å². The number of hydrogen-bond acceptors (Lipinski definition) is 4. The lowest BCUT2D eigenvalue weighted by Gasteiger charge is -2.31. The fraction of sp³-hybridized carbons (Fsp3) is 0.353. The molecule has 2 aromatic rings. The van der Waals surface area contributed by atoms with Gasteiger partial charge in [-0.15, -0.1) is 5.10 Å². The molecule has 0 aliphatic carbocycles. The normalized spacial score (nSPS) is 15.5. The molecule has 1 aromatic carbocycles. The zero-order valence-electron chi connectivity index (χ0n) is 13.0. The predicted molar refractivity (Wildman–Crippen MR) is 94.5 cm³/mol. The van der Waals surface area contributed by atoms with Crippen molar-refractivity contribution >= 4 is 33.3 Å². The third-order valence-electron chi connectivity index (χ3n) is 4.11. The van der Waals surface area contributed by atoms with Crippen LogP contribution in [0.5, 0.6) is 0 Å². The average molecular weight is 375 g/mol. The summed E-state index contributed by atoms with van der Waals surface area (Å²) in [6, 6.07) is 11.6. The van der Waals surface area contributed by atoms with Gasteiger partial charge in [-0.2, -0.15) is 5.10 Å². The van der Waals surface area contributed by atoms with Crippen molar-refractivity contribution in [3.8, 4) is 0 Å². The van der Waals surface area contributed by atoms with Crippen molar-refractivity contribution in [2.75, 3.05) is 23.3 Å². The lowest BCUT2D eigenvalue weighted by atomic mass is 9.96. The molecule has 1 saturated heterocycles. The third kappa shape index (κ3) is 3.88. The summed E-state index contributed by atoms with van der Waals surface area (Å²) in [5.74, 6) is 1.02. The Morgan fingerprint density at radius 3 is 2.57 bits per heavy atom. The summed E-state index contributed by atoms with van der Waals surface area (Å²) in [4.78, 5) is 14.6. The molecular weight excluding hydrogens is 356 g/mol. The first-order valence-corrected chi connectivity index (χ1v) is 8.53. The number of anilines is 2. The van der Waals surface area contributed by atoms with Crippen molar-refractivity contribution in [1.29, 1.82) is 0 Å². The van der Waals surface area contributed by atoms with Crippen LogP contribution in [0.4, 0.5) is 11.5 Å². The number of piperidine rings is 1. The number of carbonyl (C=O) groups excluding carboxylic acids is 1. The monoisotopic (exact) mass is 374 g/mol. The number of rotatable bonds is 3. The summed E-state index contributed by atoms with van der Waals surface area (Å²) < 4.78 is 0.903. The Hall–Kier alpha value is -1.95. The molecule has 1 aliphatic heterocycles. The lowest BCUT2D eigenvalue weighted by molar-refractivity contribution is -0.120. The van der Waals surface area contributed by atoms with E-state index in [1.54, 1.807) is 0 Å². The van der Waals surface area contributed by atoms with Gasteiger partial charge in [0.05, 0.1) is 11.4 Å². The summed E-state index contributed by atoms with van der Waals surface area (Å²) in [7, 11) is 0. The molecule has 5 nitrogen and oxygen atoms in total. The Kier molecular flexibility index (Phi) is 4.91. The molecule has 6 heteroatoms. The van der Waals surface area contributed by atoms with Gasteiger partial charge < -0.3 is 10.2 Å². The summed E-state index contributed by atoms with van der Waals surface area (Å²) in [6.45, 7) is 3.58. The number of nitrogens with one attached hydrogen (secondary N) is 1. The number of amides is 1. The molecule has 0 radical (unpaired) electrons. The zero-order chi connectivity index (χ0) is 16.2. The number of benzene rings is 1. The maximum Gasteiger partial charge on any atom is 0.227 e. The second kappa shape index (κ2) is 7.08. The molecule has 0 saturated carbocycles. The van der Waals surface area contributed by atoms with Gasteiger partial charge in [0, 0.05) is 23.5 Å². The van der Waals surface area contributed by atoms with E-state index in [0.717, 1.165) is 47.6 Å². The molecule has 0 unspecified atom stereocenters. The van der Waals surface area contributed by atoms with Gasteiger partial charge in [0.25, 0.3) is 0 Å². The van der Waals surface area contributed by atoms with E-state index in [1.165, 1.54) is 0 Å². The number of halogens is 1. The van der Waals surface area contributed by atoms with Gasteiger partial charge in [-0.25, -0.2) is 0 Å². The summed E-state index contributed by atoms with van der Waals surface area (Å²) in [5.41, 5.74) is 1.74. The van der Waals surface area contributed by atoms with Gasteiger partial charge >= 0.3 is 0 Å². The highest BCUT2D eigenvalue weighted by molar-refractivity contribution is 9.10. The number of hydrogen-bond donors (Lipinski definition) is 1. The minimum Gasteiger partial charge on any atom is -0.355 e. The molecule has 0 atom stereocenters. The SMILES string of the molecule is Cc1ccc(N2CCC(C(=O)Nc3ccccc3Br)CC2)nn1. The van der Waals surface area contributed by atoms with Crippen LogP contribution in [0.25, 0.3) is 0 Å². The summed E-state index contributed by atoms with van der Waals surface area (Å²) >= 11 is 3.46. The van der Waals surface area contributed by atoms with Crippen LogP contribution in [0.1, 0.15) is 18.5 Å². The first kappa shape index (κ1) is 15.9. The van der Waals surface area contributed by atoms with Crippen LogP contribution in [-0.2, 0) is 4.79 Å². The maximum atomic E-state index is 12.4. The Morgan fingerprint density at radius 2 is 1.91 bits per heavy atom. The minimum atomic E-state index is 0.0387. The fourth-order valence-electron chi connectivity index (χ4n) is 2.73. The Bertz CT molecular complexity index is 681. The molecule has 1 N–H and O–H groups in total. The van der Waals surface area contributed by atoms with E-state index in [-0.39, 0.29) is 11.8 Å². The molecule has 1 fully saturated rings. The second-order valence-electron chi connectivity index (χ2n) is 5.76. The Morgan fingerprint density at radius 1 is 1.17 bits per heavy atom. The molecule has 1 amide bonds. The molecule has 0 spiro atoms. The number of carbonyl (C=O) groups is 1. The van der Waals surface area contributed by atoms with E-state index in [2.05, 4.69) is 36.3 Å². The van der Waals surface area contributed by atoms with E-state index in [1.807, 2.05) is 43.3 Å². The second-order valence-corrected chi connectivity index (χ2v) is 6.62. The van der Waals surface area contributed by atoms with Crippen LogP contribution in [0.3, 0.4) is 0 Å². The Labute approximate surface area is 144 Å². The first-order chi connectivity index (χ1) is 11.1. The van der Waals surface area contributed by atoms with Crippen molar-refractivity contribution in [2.45, 2.75) is 19.8 Å². The van der Waals surface area contributed by atoms with Crippen molar-refractivity contribution in [2.24, 2.45) is 5.92 Å². The molecular formula is C17H19BrN4O. The van der Waals surface area contributed by atoms with Gasteiger partial charge in [-0.3, -0.25) is 4.79 Å². The summed E-state index contributed by atoms with van der Waals surface area (Å²) in [6.07, 6.45) is 1.65. The third-order valence-corrected chi connectivity index (χ3v) is 4.80. The highest BCUT2D eigenvalue weighted by Crippen LogP contribution is 2.25. The maximum absolute atomic E-state index is 12.4. The molecule has 23 heavy (non-hydrogen) atoms. The summed E-state index contributed by atoms with van der Waals surface area (Å²) in [5, 5.41) is 11.3. The van der Waals surface area contributed by atoms with Gasteiger partial charge in [0.15, 0.2) is 5.82 Å². The molecule has 1 aromatic heterocycles. The number of aryl methyl sites for hydroxylation is 1. The number of nitrogens with zero attached hydrogens (tertiary/aromatic N) is 3. The van der Waals surface area contributed by atoms with Gasteiger partial charge in [-0.05, 0) is 60.0 Å². The van der Waals surface area contributed by atoms with Crippen LogP contribution in [0.15, 0.2) is 40.9 Å². The van der Waals surface area contributed by atoms with Crippen LogP contribution < -0.4 is 10.2 Å². The minimum absolute atomic E-state index is 0.0387. The standard InChI is InChI=1S/C17H19BrN4O/c1-12-6-7-16(21-20-12)22-10-8-13(9-11-22)17(23)19-15-5-3-2-4-14(15)18/h2-7,13H,8-11H2,1H3,(H,19,23). The van der Waals surface area contributed by atoms with E-state index in [4.69, 9.17) is 0 Å². The average Bonchev–Trinajstić information content (AvgIpc) is 2.58. The number of para-hydroxylation sites is 1. The lowest BCUT2D eigenvalue weighted by Crippen LogP contribution is -2.38. The van der Waals surface area contributed by atoms with Crippen molar-refractivity contribution in [3.05, 3.63) is 46.6 Å². The van der Waals surface area contributed by atoms with Gasteiger partial charge in [-0.1, -0.05) is 12.1 Å². The van der Waals surface area contributed by atoms with E-state index >= 15 is 0 Å². The molecule has 120 valence electrons. The van der Waals surface area contributed by atoms with Crippen molar-refractivity contribution in [1.82, 2.24) is 10.2 Å². The quantitative estimate of drug-likeness (QED) is 0.894.